The molecule has 1 aliphatic rings. The van der Waals surface area contributed by atoms with Gasteiger partial charge in [-0.15, -0.1) is 6.58 Å². The standard InChI is InChI=1S/C17H30P/c1-4-6-14-18(3)15-10-9-13-17-12-8-7-11-16(17)5-2/h5,9-10,16-17H,2-4,6-8,11-15H2,1H3/q+1/b10-9+. The molecule has 0 aromatic rings. The van der Waals surface area contributed by atoms with E-state index in [1.165, 1.54) is 57.3 Å². The Bertz CT molecular complexity index is 277. The fourth-order valence-corrected chi connectivity index (χ4v) is 4.20. The maximum atomic E-state index is 4.29. The van der Waals surface area contributed by atoms with Crippen LogP contribution in [-0.2, 0) is 0 Å². The first-order valence-electron chi connectivity index (χ1n) is 7.61. The summed E-state index contributed by atoms with van der Waals surface area (Å²) in [7, 11) is 0.0129. The molecule has 102 valence electrons. The largest absolute Gasteiger partial charge is 0.124 e. The van der Waals surface area contributed by atoms with Gasteiger partial charge in [-0.25, -0.2) is 0 Å². The quantitative estimate of drug-likeness (QED) is 0.393. The van der Waals surface area contributed by atoms with Crippen molar-refractivity contribution in [1.29, 1.82) is 0 Å². The molecule has 1 aliphatic carbocycles. The van der Waals surface area contributed by atoms with E-state index in [-0.39, 0.29) is 7.55 Å². The summed E-state index contributed by atoms with van der Waals surface area (Å²) < 4.78 is 0. The lowest BCUT2D eigenvalue weighted by Crippen LogP contribution is -2.16. The molecule has 0 aliphatic heterocycles. The van der Waals surface area contributed by atoms with Gasteiger partial charge in [-0.1, -0.05) is 38.3 Å². The zero-order valence-electron chi connectivity index (χ0n) is 12.1. The van der Waals surface area contributed by atoms with Crippen LogP contribution in [0.25, 0.3) is 0 Å². The predicted molar refractivity (Wildman–Crippen MR) is 88.1 cm³/mol. The molecule has 0 heterocycles. The van der Waals surface area contributed by atoms with Gasteiger partial charge in [0.05, 0.1) is 13.8 Å². The van der Waals surface area contributed by atoms with Crippen molar-refractivity contribution in [1.82, 2.24) is 0 Å². The van der Waals surface area contributed by atoms with Gasteiger partial charge in [-0.2, -0.15) is 0 Å². The SMILES string of the molecule is C=CC1CCCCC1C/C=C/C[P+](=C)CCCC. The van der Waals surface area contributed by atoms with E-state index in [0.717, 1.165) is 11.8 Å². The molecule has 0 amide bonds. The first-order chi connectivity index (χ1) is 8.77. The summed E-state index contributed by atoms with van der Waals surface area (Å²) in [6.07, 6.45) is 23.3. The number of allylic oxidation sites excluding steroid dienone is 3. The lowest BCUT2D eigenvalue weighted by molar-refractivity contribution is 0.286. The van der Waals surface area contributed by atoms with Crippen molar-refractivity contribution >= 4 is 13.8 Å². The average Bonchev–Trinajstić information content (AvgIpc) is 2.41. The summed E-state index contributed by atoms with van der Waals surface area (Å²) >= 11 is 0. The van der Waals surface area contributed by atoms with Gasteiger partial charge in [0.25, 0.3) is 0 Å². The summed E-state index contributed by atoms with van der Waals surface area (Å²) in [5.74, 6) is 1.63. The lowest BCUT2D eigenvalue weighted by atomic mass is 9.77. The van der Waals surface area contributed by atoms with Crippen molar-refractivity contribution in [3.63, 3.8) is 0 Å². The molecule has 1 heteroatoms. The first kappa shape index (κ1) is 15.7. The van der Waals surface area contributed by atoms with E-state index in [0.29, 0.717) is 0 Å². The van der Waals surface area contributed by atoms with Crippen LogP contribution in [0.1, 0.15) is 51.9 Å². The van der Waals surface area contributed by atoms with Gasteiger partial charge in [-0.05, 0) is 43.6 Å². The van der Waals surface area contributed by atoms with Crippen LogP contribution in [0.5, 0.6) is 0 Å². The van der Waals surface area contributed by atoms with Crippen molar-refractivity contribution in [2.75, 3.05) is 12.3 Å². The Morgan fingerprint density at radius 2 is 2.00 bits per heavy atom. The normalized spacial score (nSPS) is 25.3. The Balaban J connectivity index is 2.22. The number of unbranched alkanes of at least 4 members (excludes halogenated alkanes) is 1. The van der Waals surface area contributed by atoms with Crippen LogP contribution in [0.2, 0.25) is 0 Å². The molecule has 0 nitrogen and oxygen atoms in total. The van der Waals surface area contributed by atoms with Crippen molar-refractivity contribution in [2.24, 2.45) is 11.8 Å². The maximum Gasteiger partial charge on any atom is 0.124 e. The fraction of sp³-hybridized carbons (Fsp3) is 0.706. The third-order valence-corrected chi connectivity index (χ3v) is 5.74. The summed E-state index contributed by atoms with van der Waals surface area (Å²) in [5.41, 5.74) is 0. The van der Waals surface area contributed by atoms with Crippen molar-refractivity contribution in [3.8, 4) is 0 Å². The number of hydrogen-bond donors (Lipinski definition) is 0. The molecule has 1 rings (SSSR count). The van der Waals surface area contributed by atoms with Crippen LogP contribution >= 0.6 is 7.55 Å². The molecule has 3 atom stereocenters. The van der Waals surface area contributed by atoms with E-state index in [4.69, 9.17) is 0 Å². The molecule has 3 unspecified atom stereocenters. The van der Waals surface area contributed by atoms with Crippen LogP contribution < -0.4 is 0 Å². The Morgan fingerprint density at radius 3 is 2.72 bits per heavy atom. The molecule has 0 bridgehead atoms. The van der Waals surface area contributed by atoms with Crippen LogP contribution in [0.15, 0.2) is 24.8 Å². The van der Waals surface area contributed by atoms with E-state index in [1.54, 1.807) is 0 Å². The Hall–Kier alpha value is -0.350. The van der Waals surface area contributed by atoms with Crippen LogP contribution in [0.4, 0.5) is 0 Å². The molecule has 0 aromatic heterocycles. The van der Waals surface area contributed by atoms with Crippen LogP contribution in [0.3, 0.4) is 0 Å². The third-order valence-electron chi connectivity index (χ3n) is 4.07. The lowest BCUT2D eigenvalue weighted by Gasteiger charge is -2.28. The van der Waals surface area contributed by atoms with Crippen molar-refractivity contribution < 1.29 is 0 Å². The fourth-order valence-electron chi connectivity index (χ4n) is 2.81. The molecule has 0 N–H and O–H groups in total. The van der Waals surface area contributed by atoms with Crippen molar-refractivity contribution in [2.45, 2.75) is 51.9 Å². The number of hydrogen-bond acceptors (Lipinski definition) is 0. The zero-order chi connectivity index (χ0) is 13.2. The Kier molecular flexibility index (Phi) is 8.34. The molecule has 1 saturated carbocycles. The summed E-state index contributed by atoms with van der Waals surface area (Å²) in [4.78, 5) is 0. The molecule has 0 saturated heterocycles. The minimum Gasteiger partial charge on any atom is -0.103 e. The summed E-state index contributed by atoms with van der Waals surface area (Å²) in [5, 5.41) is 0. The molecule has 0 spiro atoms. The van der Waals surface area contributed by atoms with E-state index >= 15 is 0 Å². The van der Waals surface area contributed by atoms with E-state index in [2.05, 4.69) is 38.0 Å². The van der Waals surface area contributed by atoms with Crippen molar-refractivity contribution in [3.05, 3.63) is 24.8 Å². The monoisotopic (exact) mass is 265 g/mol. The minimum absolute atomic E-state index is 0.0129. The highest BCUT2D eigenvalue weighted by Gasteiger charge is 2.21. The summed E-state index contributed by atoms with van der Waals surface area (Å²) in [6, 6.07) is 0. The van der Waals surface area contributed by atoms with Gasteiger partial charge in [0.1, 0.15) is 12.3 Å². The Labute approximate surface area is 115 Å². The molecular weight excluding hydrogens is 235 g/mol. The zero-order valence-corrected chi connectivity index (χ0v) is 13.0. The van der Waals surface area contributed by atoms with Gasteiger partial charge in [-0.3, -0.25) is 0 Å². The second-order valence-electron chi connectivity index (χ2n) is 5.58. The molecule has 0 radical (unpaired) electrons. The van der Waals surface area contributed by atoms with Gasteiger partial charge >= 0.3 is 0 Å². The Morgan fingerprint density at radius 1 is 1.22 bits per heavy atom. The van der Waals surface area contributed by atoms with Gasteiger partial charge in [0.15, 0.2) is 0 Å². The second-order valence-corrected chi connectivity index (χ2v) is 7.74. The maximum absolute atomic E-state index is 4.29. The van der Waals surface area contributed by atoms with Gasteiger partial charge < -0.3 is 0 Å². The molecule has 1 fully saturated rings. The van der Waals surface area contributed by atoms with E-state index in [9.17, 15) is 0 Å². The molecule has 18 heavy (non-hydrogen) atoms. The number of rotatable bonds is 8. The molecule has 0 aromatic carbocycles. The topological polar surface area (TPSA) is 0 Å². The van der Waals surface area contributed by atoms with Crippen LogP contribution in [-0.4, -0.2) is 18.6 Å². The average molecular weight is 265 g/mol. The highest BCUT2D eigenvalue weighted by atomic mass is 31.1. The van der Waals surface area contributed by atoms with Crippen LogP contribution in [0, 0.1) is 11.8 Å². The first-order valence-corrected chi connectivity index (χ1v) is 9.50. The second kappa shape index (κ2) is 9.56. The van der Waals surface area contributed by atoms with E-state index in [1.807, 2.05) is 0 Å². The molecular formula is C17H30P+. The highest BCUT2D eigenvalue weighted by molar-refractivity contribution is 7.55. The van der Waals surface area contributed by atoms with E-state index < -0.39 is 0 Å². The smallest absolute Gasteiger partial charge is 0.103 e. The highest BCUT2D eigenvalue weighted by Crippen LogP contribution is 2.33. The summed E-state index contributed by atoms with van der Waals surface area (Å²) in [6.45, 7) is 6.26. The van der Waals surface area contributed by atoms with Gasteiger partial charge in [0, 0.05) is 0 Å². The minimum atomic E-state index is 0.0129. The predicted octanol–water partition coefficient (Wildman–Crippen LogP) is 5.64. The third kappa shape index (κ3) is 6.01. The van der Waals surface area contributed by atoms with Gasteiger partial charge in [0.2, 0.25) is 0 Å².